The molecule has 3 atom stereocenters. The molecular formula is C18H21BrN4O3S. The average molecular weight is 453 g/mol. The molecule has 0 bridgehead atoms. The zero-order valence-electron chi connectivity index (χ0n) is 14.6. The van der Waals surface area contributed by atoms with E-state index in [1.165, 1.54) is 12.1 Å². The minimum absolute atomic E-state index is 0.0452. The van der Waals surface area contributed by atoms with Crippen LogP contribution in [0.4, 0.5) is 0 Å². The summed E-state index contributed by atoms with van der Waals surface area (Å²) in [6.45, 7) is 1.85. The molecule has 2 aromatic carbocycles. The monoisotopic (exact) mass is 452 g/mol. The largest absolute Gasteiger partial charge is 0.348 e. The van der Waals surface area contributed by atoms with Crippen molar-refractivity contribution in [1.82, 2.24) is 16.2 Å². The van der Waals surface area contributed by atoms with Gasteiger partial charge in [-0.1, -0.05) is 40.2 Å². The third kappa shape index (κ3) is 4.94. The van der Waals surface area contributed by atoms with Crippen molar-refractivity contribution in [2.45, 2.75) is 36.4 Å². The van der Waals surface area contributed by atoms with Gasteiger partial charge in [-0.05, 0) is 48.7 Å². The van der Waals surface area contributed by atoms with Crippen LogP contribution in [0.1, 0.15) is 36.6 Å². The van der Waals surface area contributed by atoms with Crippen LogP contribution in [-0.2, 0) is 14.8 Å². The van der Waals surface area contributed by atoms with E-state index in [0.29, 0.717) is 6.42 Å². The summed E-state index contributed by atoms with van der Waals surface area (Å²) in [5.74, 6) is -0.120. The molecule has 0 aromatic heterocycles. The molecule has 7 nitrogen and oxygen atoms in total. The van der Waals surface area contributed by atoms with Crippen molar-refractivity contribution in [2.24, 2.45) is 5.14 Å². The number of hydrazine groups is 1. The molecule has 1 aliphatic rings. The van der Waals surface area contributed by atoms with Gasteiger partial charge in [0.15, 0.2) is 0 Å². The fourth-order valence-electron chi connectivity index (χ4n) is 2.99. The van der Waals surface area contributed by atoms with Gasteiger partial charge in [0.05, 0.1) is 10.9 Å². The summed E-state index contributed by atoms with van der Waals surface area (Å²) >= 11 is 3.41. The van der Waals surface area contributed by atoms with Gasteiger partial charge >= 0.3 is 0 Å². The van der Waals surface area contributed by atoms with E-state index in [-0.39, 0.29) is 28.9 Å². The number of carbonyl (C=O) groups excluding carboxylic acids is 1. The SMILES string of the molecule is CC(NC(=O)C1CC(c2ccc(Br)cc2)NN1)c1ccc(S(N)(=O)=O)cc1. The Hall–Kier alpha value is -1.78. The van der Waals surface area contributed by atoms with E-state index >= 15 is 0 Å². The van der Waals surface area contributed by atoms with Gasteiger partial charge in [-0.2, -0.15) is 0 Å². The molecule has 9 heteroatoms. The number of nitrogens with one attached hydrogen (secondary N) is 3. The molecule has 0 spiro atoms. The minimum Gasteiger partial charge on any atom is -0.348 e. The van der Waals surface area contributed by atoms with Gasteiger partial charge in [-0.3, -0.25) is 4.79 Å². The van der Waals surface area contributed by atoms with E-state index in [4.69, 9.17) is 5.14 Å². The van der Waals surface area contributed by atoms with Gasteiger partial charge in [0.25, 0.3) is 0 Å². The van der Waals surface area contributed by atoms with Gasteiger partial charge in [0.1, 0.15) is 6.04 Å². The number of hydrogen-bond acceptors (Lipinski definition) is 5. The number of rotatable bonds is 5. The van der Waals surface area contributed by atoms with Gasteiger partial charge in [-0.25, -0.2) is 24.4 Å². The molecule has 3 rings (SSSR count). The second-order valence-electron chi connectivity index (χ2n) is 6.53. The zero-order chi connectivity index (χ0) is 19.6. The maximum atomic E-state index is 12.5. The summed E-state index contributed by atoms with van der Waals surface area (Å²) in [5.41, 5.74) is 8.09. The summed E-state index contributed by atoms with van der Waals surface area (Å²) < 4.78 is 23.7. The normalized spacial score (nSPS) is 21.0. The van der Waals surface area contributed by atoms with E-state index in [1.54, 1.807) is 12.1 Å². The van der Waals surface area contributed by atoms with E-state index in [9.17, 15) is 13.2 Å². The van der Waals surface area contributed by atoms with Crippen LogP contribution in [0, 0.1) is 0 Å². The Bertz CT molecular complexity index is 917. The van der Waals surface area contributed by atoms with Gasteiger partial charge in [0, 0.05) is 10.5 Å². The molecule has 0 saturated carbocycles. The van der Waals surface area contributed by atoms with Crippen LogP contribution in [0.3, 0.4) is 0 Å². The first-order chi connectivity index (χ1) is 12.7. The quantitative estimate of drug-likeness (QED) is 0.552. The summed E-state index contributed by atoms with van der Waals surface area (Å²) in [6, 6.07) is 13.6. The minimum atomic E-state index is -3.73. The van der Waals surface area contributed by atoms with Crippen LogP contribution >= 0.6 is 15.9 Å². The summed E-state index contributed by atoms with van der Waals surface area (Å²) in [5, 5.41) is 8.05. The topological polar surface area (TPSA) is 113 Å². The van der Waals surface area contributed by atoms with Crippen molar-refractivity contribution in [3.8, 4) is 0 Å². The molecular weight excluding hydrogens is 432 g/mol. The number of halogens is 1. The number of carbonyl (C=O) groups is 1. The van der Waals surface area contributed by atoms with Crippen LogP contribution in [-0.4, -0.2) is 20.4 Å². The maximum Gasteiger partial charge on any atom is 0.239 e. The Morgan fingerprint density at radius 2 is 1.78 bits per heavy atom. The molecule has 5 N–H and O–H groups in total. The van der Waals surface area contributed by atoms with E-state index in [2.05, 4.69) is 32.1 Å². The lowest BCUT2D eigenvalue weighted by molar-refractivity contribution is -0.123. The lowest BCUT2D eigenvalue weighted by Gasteiger charge is -2.17. The molecule has 1 heterocycles. The van der Waals surface area contributed by atoms with Gasteiger partial charge < -0.3 is 5.32 Å². The van der Waals surface area contributed by atoms with Crippen molar-refractivity contribution >= 4 is 31.9 Å². The molecule has 1 aliphatic heterocycles. The molecule has 0 radical (unpaired) electrons. The lowest BCUT2D eigenvalue weighted by Crippen LogP contribution is -2.43. The number of sulfonamides is 1. The molecule has 3 unspecified atom stereocenters. The smallest absolute Gasteiger partial charge is 0.239 e. The Balaban J connectivity index is 1.59. The summed E-state index contributed by atoms with van der Waals surface area (Å²) in [6.07, 6.45) is 0.630. The van der Waals surface area contributed by atoms with Gasteiger partial charge in [-0.15, -0.1) is 0 Å². The fourth-order valence-corrected chi connectivity index (χ4v) is 3.77. The van der Waals surface area contributed by atoms with Crippen LogP contribution in [0.2, 0.25) is 0 Å². The van der Waals surface area contributed by atoms with E-state index in [0.717, 1.165) is 15.6 Å². The standard InChI is InChI=1S/C18H21BrN4O3S/c1-11(12-4-8-15(9-5-12)27(20,25)26)21-18(24)17-10-16(22-23-17)13-2-6-14(19)7-3-13/h2-9,11,16-17,22-23H,10H2,1H3,(H,21,24)(H2,20,25,26). The highest BCUT2D eigenvalue weighted by molar-refractivity contribution is 9.10. The van der Waals surface area contributed by atoms with E-state index in [1.807, 2.05) is 31.2 Å². The van der Waals surface area contributed by atoms with Crippen molar-refractivity contribution in [1.29, 1.82) is 0 Å². The fraction of sp³-hybridized carbons (Fsp3) is 0.278. The highest BCUT2D eigenvalue weighted by Crippen LogP contribution is 2.24. The van der Waals surface area contributed by atoms with Crippen LogP contribution in [0.15, 0.2) is 57.9 Å². The lowest BCUT2D eigenvalue weighted by atomic mass is 10.0. The van der Waals surface area contributed by atoms with Crippen molar-refractivity contribution in [3.63, 3.8) is 0 Å². The third-order valence-corrected chi connectivity index (χ3v) is 6.02. The van der Waals surface area contributed by atoms with Crippen LogP contribution in [0.25, 0.3) is 0 Å². The second kappa shape index (κ2) is 8.07. The van der Waals surface area contributed by atoms with Crippen molar-refractivity contribution in [2.75, 3.05) is 0 Å². The van der Waals surface area contributed by atoms with Crippen LogP contribution < -0.4 is 21.3 Å². The van der Waals surface area contributed by atoms with Crippen molar-refractivity contribution < 1.29 is 13.2 Å². The average Bonchev–Trinajstić information content (AvgIpc) is 3.12. The van der Waals surface area contributed by atoms with Crippen molar-refractivity contribution in [3.05, 3.63) is 64.1 Å². The first-order valence-electron chi connectivity index (χ1n) is 8.43. The zero-order valence-corrected chi connectivity index (χ0v) is 17.0. The summed E-state index contributed by atoms with van der Waals surface area (Å²) in [7, 11) is -3.73. The highest BCUT2D eigenvalue weighted by Gasteiger charge is 2.30. The third-order valence-electron chi connectivity index (χ3n) is 4.56. The molecule has 1 amide bonds. The number of amides is 1. The molecule has 27 heavy (non-hydrogen) atoms. The molecule has 2 aromatic rings. The van der Waals surface area contributed by atoms with Gasteiger partial charge in [0.2, 0.25) is 15.9 Å². The van der Waals surface area contributed by atoms with E-state index < -0.39 is 10.0 Å². The summed E-state index contributed by atoms with van der Waals surface area (Å²) in [4.78, 5) is 12.6. The highest BCUT2D eigenvalue weighted by atomic mass is 79.9. The number of primary sulfonamides is 1. The number of nitrogens with two attached hydrogens (primary N) is 1. The maximum absolute atomic E-state index is 12.5. The Kier molecular flexibility index (Phi) is 5.97. The predicted octanol–water partition coefficient (Wildman–Crippen LogP) is 1.88. The molecule has 1 saturated heterocycles. The Morgan fingerprint density at radius 3 is 2.37 bits per heavy atom. The Labute approximate surface area is 166 Å². The molecule has 0 aliphatic carbocycles. The predicted molar refractivity (Wildman–Crippen MR) is 106 cm³/mol. The molecule has 144 valence electrons. The number of hydrogen-bond donors (Lipinski definition) is 4. The first kappa shape index (κ1) is 20.0. The Morgan fingerprint density at radius 1 is 1.15 bits per heavy atom. The second-order valence-corrected chi connectivity index (χ2v) is 9.00. The van der Waals surface area contributed by atoms with Crippen LogP contribution in [0.5, 0.6) is 0 Å². The molecule has 1 fully saturated rings. The number of benzene rings is 2. The first-order valence-corrected chi connectivity index (χ1v) is 10.8.